The second kappa shape index (κ2) is 6.85. The van der Waals surface area contributed by atoms with E-state index in [-0.39, 0.29) is 17.0 Å². The zero-order chi connectivity index (χ0) is 19.1. The van der Waals surface area contributed by atoms with Gasteiger partial charge in [0.15, 0.2) is 5.65 Å². The van der Waals surface area contributed by atoms with Crippen LogP contribution < -0.4 is 5.56 Å². The van der Waals surface area contributed by atoms with Crippen LogP contribution in [-0.2, 0) is 16.9 Å². The van der Waals surface area contributed by atoms with Gasteiger partial charge in [-0.1, -0.05) is 0 Å². The van der Waals surface area contributed by atoms with Crippen LogP contribution in [0.5, 0.6) is 0 Å². The Bertz CT molecular complexity index is 874. The van der Waals surface area contributed by atoms with E-state index in [9.17, 15) is 9.59 Å². The summed E-state index contributed by atoms with van der Waals surface area (Å²) in [5.41, 5.74) is 0.231. The maximum atomic E-state index is 12.9. The van der Waals surface area contributed by atoms with Crippen molar-refractivity contribution in [3.05, 3.63) is 22.4 Å². The number of carbonyl (C=O) groups excluding carboxylic acids is 1. The molecule has 0 saturated carbocycles. The first kappa shape index (κ1) is 18.6. The number of hydrogen-bond acceptors (Lipinski definition) is 4. The molecular weight excluding hydrogens is 330 g/mol. The number of amides is 1. The van der Waals surface area contributed by atoms with E-state index in [0.717, 1.165) is 19.4 Å². The monoisotopic (exact) mass is 359 g/mol. The molecule has 0 spiro atoms. The van der Waals surface area contributed by atoms with Crippen molar-refractivity contribution in [2.75, 3.05) is 6.54 Å². The van der Waals surface area contributed by atoms with E-state index in [1.165, 1.54) is 6.42 Å². The van der Waals surface area contributed by atoms with E-state index in [1.54, 1.807) is 15.4 Å². The first-order chi connectivity index (χ1) is 12.2. The molecule has 3 heterocycles. The van der Waals surface area contributed by atoms with Gasteiger partial charge in [0.2, 0.25) is 5.91 Å². The average Bonchev–Trinajstić information content (AvgIpc) is 2.99. The zero-order valence-corrected chi connectivity index (χ0v) is 16.4. The van der Waals surface area contributed by atoms with Gasteiger partial charge in [0, 0.05) is 25.6 Å². The smallest absolute Gasteiger partial charge is 0.264 e. The lowest BCUT2D eigenvalue weighted by Gasteiger charge is -2.33. The summed E-state index contributed by atoms with van der Waals surface area (Å²) in [6, 6.07) is 0.291. The van der Waals surface area contributed by atoms with E-state index in [0.29, 0.717) is 35.9 Å². The Morgan fingerprint density at radius 1 is 1.31 bits per heavy atom. The van der Waals surface area contributed by atoms with Crippen LogP contribution in [0.15, 0.2) is 11.0 Å². The van der Waals surface area contributed by atoms with Crippen molar-refractivity contribution in [3.63, 3.8) is 0 Å². The molecule has 1 saturated heterocycles. The van der Waals surface area contributed by atoms with Gasteiger partial charge in [-0.25, -0.2) is 9.67 Å². The quantitative estimate of drug-likeness (QED) is 0.844. The molecule has 2 aromatic rings. The second-order valence-corrected chi connectivity index (χ2v) is 8.26. The minimum Gasteiger partial charge on any atom is -0.340 e. The molecule has 1 unspecified atom stereocenters. The number of likely N-dealkylation sites (tertiary alicyclic amines) is 1. The van der Waals surface area contributed by atoms with Crippen LogP contribution in [-0.4, -0.2) is 42.7 Å². The molecule has 2 aromatic heterocycles. The highest BCUT2D eigenvalue weighted by molar-refractivity contribution is 5.77. The lowest BCUT2D eigenvalue weighted by Crippen LogP contribution is -2.42. The normalized spacial score (nSPS) is 18.5. The zero-order valence-electron chi connectivity index (χ0n) is 16.4. The summed E-state index contributed by atoms with van der Waals surface area (Å²) in [7, 11) is 0. The molecule has 1 amide bonds. The van der Waals surface area contributed by atoms with E-state index in [2.05, 4.69) is 17.0 Å². The fourth-order valence-corrected chi connectivity index (χ4v) is 3.68. The van der Waals surface area contributed by atoms with Gasteiger partial charge in [-0.15, -0.1) is 0 Å². The summed E-state index contributed by atoms with van der Waals surface area (Å²) < 4.78 is 3.38. The van der Waals surface area contributed by atoms with E-state index >= 15 is 0 Å². The van der Waals surface area contributed by atoms with Crippen LogP contribution >= 0.6 is 0 Å². The number of aromatic nitrogens is 4. The van der Waals surface area contributed by atoms with Crippen LogP contribution in [0.2, 0.25) is 0 Å². The number of piperidine rings is 1. The van der Waals surface area contributed by atoms with Crippen LogP contribution in [0.1, 0.15) is 59.2 Å². The van der Waals surface area contributed by atoms with Crippen LogP contribution in [0.3, 0.4) is 0 Å². The molecule has 1 fully saturated rings. The predicted molar refractivity (Wildman–Crippen MR) is 101 cm³/mol. The van der Waals surface area contributed by atoms with Crippen molar-refractivity contribution in [2.24, 2.45) is 0 Å². The third-order valence-electron chi connectivity index (χ3n) is 5.19. The van der Waals surface area contributed by atoms with Gasteiger partial charge >= 0.3 is 0 Å². The molecule has 0 aromatic carbocycles. The van der Waals surface area contributed by atoms with Gasteiger partial charge in [0.25, 0.3) is 5.56 Å². The number of aryl methyl sites for hydroxylation is 1. The van der Waals surface area contributed by atoms with Gasteiger partial charge in [-0.3, -0.25) is 14.2 Å². The van der Waals surface area contributed by atoms with Crippen LogP contribution in [0, 0.1) is 6.92 Å². The van der Waals surface area contributed by atoms with Gasteiger partial charge in [-0.2, -0.15) is 5.10 Å². The largest absolute Gasteiger partial charge is 0.340 e. The fraction of sp³-hybridized carbons (Fsp3) is 0.684. The Morgan fingerprint density at radius 2 is 2.04 bits per heavy atom. The van der Waals surface area contributed by atoms with Crippen molar-refractivity contribution >= 4 is 16.9 Å². The molecule has 1 aliphatic heterocycles. The van der Waals surface area contributed by atoms with Crippen molar-refractivity contribution in [1.82, 2.24) is 24.2 Å². The minimum absolute atomic E-state index is 0.119. The Labute approximate surface area is 154 Å². The van der Waals surface area contributed by atoms with Crippen LogP contribution in [0.25, 0.3) is 11.0 Å². The standard InChI is InChI=1S/C19H29N5O2/c1-13-8-6-7-10-22(13)16(25)9-11-23-14(2)21-17-15(18(23)26)12-20-24(17)19(3,4)5/h12-13H,6-11H2,1-5H3. The third-order valence-corrected chi connectivity index (χ3v) is 5.19. The van der Waals surface area contributed by atoms with E-state index in [4.69, 9.17) is 0 Å². The van der Waals surface area contributed by atoms with Crippen LogP contribution in [0.4, 0.5) is 0 Å². The second-order valence-electron chi connectivity index (χ2n) is 8.26. The number of hydrogen-bond donors (Lipinski definition) is 0. The molecule has 3 rings (SSSR count). The van der Waals surface area contributed by atoms with E-state index in [1.807, 2.05) is 32.6 Å². The van der Waals surface area contributed by atoms with Crippen molar-refractivity contribution in [3.8, 4) is 0 Å². The molecule has 0 radical (unpaired) electrons. The minimum atomic E-state index is -0.250. The molecule has 1 aliphatic rings. The van der Waals surface area contributed by atoms with Crippen molar-refractivity contribution < 1.29 is 4.79 Å². The lowest BCUT2D eigenvalue weighted by molar-refractivity contribution is -0.134. The Hall–Kier alpha value is -2.18. The summed E-state index contributed by atoms with van der Waals surface area (Å²) in [5, 5.41) is 4.86. The highest BCUT2D eigenvalue weighted by atomic mass is 16.2. The summed E-state index contributed by atoms with van der Waals surface area (Å²) >= 11 is 0. The maximum Gasteiger partial charge on any atom is 0.264 e. The fourth-order valence-electron chi connectivity index (χ4n) is 3.68. The Morgan fingerprint density at radius 3 is 2.69 bits per heavy atom. The first-order valence-electron chi connectivity index (χ1n) is 9.45. The van der Waals surface area contributed by atoms with Gasteiger partial charge in [-0.05, 0) is 53.9 Å². The number of nitrogens with zero attached hydrogens (tertiary/aromatic N) is 5. The number of carbonyl (C=O) groups is 1. The highest BCUT2D eigenvalue weighted by Gasteiger charge is 2.24. The molecule has 0 bridgehead atoms. The summed E-state index contributed by atoms with van der Waals surface area (Å²) in [4.78, 5) is 32.0. The van der Waals surface area contributed by atoms with Gasteiger partial charge in [0.05, 0.1) is 11.7 Å². The SMILES string of the molecule is Cc1nc2c(cnn2C(C)(C)C)c(=O)n1CCC(=O)N1CCCCC1C. The molecule has 0 aliphatic carbocycles. The lowest BCUT2D eigenvalue weighted by atomic mass is 10.0. The summed E-state index contributed by atoms with van der Waals surface area (Å²) in [6.07, 6.45) is 5.21. The number of rotatable bonds is 3. The first-order valence-corrected chi connectivity index (χ1v) is 9.45. The predicted octanol–water partition coefficient (Wildman–Crippen LogP) is 2.45. The topological polar surface area (TPSA) is 73.0 Å². The molecule has 7 heteroatoms. The molecule has 26 heavy (non-hydrogen) atoms. The Balaban J connectivity index is 1.85. The van der Waals surface area contributed by atoms with Crippen molar-refractivity contribution in [2.45, 2.75) is 78.4 Å². The molecule has 0 N–H and O–H groups in total. The third kappa shape index (κ3) is 3.39. The average molecular weight is 359 g/mol. The number of fused-ring (bicyclic) bond motifs is 1. The van der Waals surface area contributed by atoms with Crippen molar-refractivity contribution in [1.29, 1.82) is 0 Å². The molecule has 142 valence electrons. The Kier molecular flexibility index (Phi) is 4.90. The maximum absolute atomic E-state index is 12.9. The molecular formula is C19H29N5O2. The van der Waals surface area contributed by atoms with Gasteiger partial charge < -0.3 is 4.90 Å². The highest BCUT2D eigenvalue weighted by Crippen LogP contribution is 2.19. The van der Waals surface area contributed by atoms with E-state index < -0.39 is 0 Å². The summed E-state index contributed by atoms with van der Waals surface area (Å²) in [5.74, 6) is 0.738. The summed E-state index contributed by atoms with van der Waals surface area (Å²) in [6.45, 7) is 11.2. The molecule has 1 atom stereocenters. The van der Waals surface area contributed by atoms with Gasteiger partial charge in [0.1, 0.15) is 11.2 Å². The molecule has 7 nitrogen and oxygen atoms in total.